The molecule has 0 bridgehead atoms. The molecule has 0 aliphatic carbocycles. The molecule has 0 saturated carbocycles. The lowest BCUT2D eigenvalue weighted by Crippen LogP contribution is -2.18. The summed E-state index contributed by atoms with van der Waals surface area (Å²) in [7, 11) is 0. The van der Waals surface area contributed by atoms with Crippen LogP contribution in [0.1, 0.15) is 52.8 Å². The van der Waals surface area contributed by atoms with E-state index in [1.807, 2.05) is 12.3 Å². The van der Waals surface area contributed by atoms with Gasteiger partial charge in [0.2, 0.25) is 0 Å². The fourth-order valence-electron chi connectivity index (χ4n) is 4.89. The molecular weight excluding hydrogens is 452 g/mol. The van der Waals surface area contributed by atoms with Crippen molar-refractivity contribution in [2.24, 2.45) is 0 Å². The van der Waals surface area contributed by atoms with Gasteiger partial charge in [-0.3, -0.25) is 9.97 Å². The summed E-state index contributed by atoms with van der Waals surface area (Å²) in [4.78, 5) is 9.87. The first kappa shape index (κ1) is 23.4. The molecule has 0 amide bonds. The monoisotopic (exact) mass is 484 g/mol. The van der Waals surface area contributed by atoms with Crippen LogP contribution in [0.5, 0.6) is 0 Å². The third-order valence-electron chi connectivity index (χ3n) is 7.16. The van der Waals surface area contributed by atoms with Gasteiger partial charge in [-0.05, 0) is 58.8 Å². The van der Waals surface area contributed by atoms with Gasteiger partial charge in [0.15, 0.2) is 0 Å². The number of hydrogen-bond donors (Lipinski definition) is 0. The highest BCUT2D eigenvalue weighted by molar-refractivity contribution is 6.10. The van der Waals surface area contributed by atoms with Crippen LogP contribution in [-0.2, 0) is 10.8 Å². The van der Waals surface area contributed by atoms with Gasteiger partial charge < -0.3 is 4.42 Å². The molecule has 3 heteroatoms. The molecule has 0 fully saturated rings. The van der Waals surface area contributed by atoms with Crippen molar-refractivity contribution < 1.29 is 4.42 Å². The lowest BCUT2D eigenvalue weighted by atomic mass is 9.82. The van der Waals surface area contributed by atoms with Crippen molar-refractivity contribution in [1.29, 1.82) is 0 Å². The summed E-state index contributed by atoms with van der Waals surface area (Å²) in [5.74, 6) is 0. The average molecular weight is 485 g/mol. The van der Waals surface area contributed by atoms with E-state index in [-0.39, 0.29) is 10.8 Å². The highest BCUT2D eigenvalue weighted by atomic mass is 16.3. The molecule has 0 unspecified atom stereocenters. The maximum absolute atomic E-state index is 6.44. The molecule has 0 aliphatic rings. The van der Waals surface area contributed by atoms with Crippen molar-refractivity contribution in [1.82, 2.24) is 9.97 Å². The summed E-state index contributed by atoms with van der Waals surface area (Å²) in [6.07, 6.45) is 1.94. The SMILES string of the molecule is CC(C)(C)c1cc(-c2ccc3oc4c(-c5cc6ccccc6cn5)cccc4c3c2)nc(C(C)(C)C)c1. The maximum Gasteiger partial charge on any atom is 0.144 e. The van der Waals surface area contributed by atoms with Crippen LogP contribution in [0.25, 0.3) is 55.2 Å². The second kappa shape index (κ2) is 8.27. The van der Waals surface area contributed by atoms with Crippen LogP contribution in [0.3, 0.4) is 0 Å². The molecule has 0 saturated heterocycles. The van der Waals surface area contributed by atoms with Crippen LogP contribution in [0.4, 0.5) is 0 Å². The minimum absolute atomic E-state index is 0.0336. The Labute approximate surface area is 218 Å². The Hall–Kier alpha value is -3.98. The van der Waals surface area contributed by atoms with Gasteiger partial charge in [0.05, 0.1) is 11.4 Å². The third kappa shape index (κ3) is 4.19. The van der Waals surface area contributed by atoms with Crippen LogP contribution in [0.2, 0.25) is 0 Å². The van der Waals surface area contributed by atoms with E-state index in [4.69, 9.17) is 14.4 Å². The van der Waals surface area contributed by atoms with Crippen molar-refractivity contribution >= 4 is 32.7 Å². The molecule has 184 valence electrons. The number of fused-ring (bicyclic) bond motifs is 4. The second-order valence-corrected chi connectivity index (χ2v) is 12.0. The van der Waals surface area contributed by atoms with E-state index in [9.17, 15) is 0 Å². The van der Waals surface area contributed by atoms with Crippen LogP contribution in [0, 0.1) is 0 Å². The van der Waals surface area contributed by atoms with Gasteiger partial charge in [-0.25, -0.2) is 0 Å². The molecule has 0 N–H and O–H groups in total. The zero-order chi connectivity index (χ0) is 25.9. The Kier molecular flexibility index (Phi) is 5.24. The molecular formula is C34H32N2O. The van der Waals surface area contributed by atoms with Gasteiger partial charge in [0.1, 0.15) is 11.2 Å². The predicted molar refractivity (Wildman–Crippen MR) is 155 cm³/mol. The molecule has 3 heterocycles. The van der Waals surface area contributed by atoms with Gasteiger partial charge in [-0.15, -0.1) is 0 Å². The molecule has 0 spiro atoms. The van der Waals surface area contributed by atoms with Crippen molar-refractivity contribution in [3.8, 4) is 22.5 Å². The largest absolute Gasteiger partial charge is 0.455 e. The number of nitrogens with zero attached hydrogens (tertiary/aromatic N) is 2. The van der Waals surface area contributed by atoms with E-state index in [1.54, 1.807) is 0 Å². The quantitative estimate of drug-likeness (QED) is 0.246. The lowest BCUT2D eigenvalue weighted by Gasteiger charge is -2.25. The standard InChI is InChI=1S/C34H32N2O/c1-33(2,3)24-18-28(36-31(19-24)34(4,5)6)22-14-15-30-27(16-22)25-12-9-13-26(32(25)37-30)29-17-21-10-7-8-11-23(21)20-35-29/h7-20H,1-6H3. The summed E-state index contributed by atoms with van der Waals surface area (Å²) in [6.45, 7) is 13.4. The van der Waals surface area contributed by atoms with Gasteiger partial charge in [0.25, 0.3) is 0 Å². The van der Waals surface area contributed by atoms with E-state index in [2.05, 4.69) is 114 Å². The van der Waals surface area contributed by atoms with Crippen LogP contribution in [-0.4, -0.2) is 9.97 Å². The van der Waals surface area contributed by atoms with E-state index in [1.165, 1.54) is 10.9 Å². The van der Waals surface area contributed by atoms with Crippen LogP contribution >= 0.6 is 0 Å². The van der Waals surface area contributed by atoms with E-state index in [0.717, 1.165) is 55.5 Å². The summed E-state index contributed by atoms with van der Waals surface area (Å²) in [6, 6.07) is 27.7. The van der Waals surface area contributed by atoms with Crippen molar-refractivity contribution in [2.45, 2.75) is 52.4 Å². The number of furan rings is 1. The van der Waals surface area contributed by atoms with Gasteiger partial charge >= 0.3 is 0 Å². The fourth-order valence-corrected chi connectivity index (χ4v) is 4.89. The average Bonchev–Trinajstić information content (AvgIpc) is 3.25. The first-order chi connectivity index (χ1) is 17.6. The van der Waals surface area contributed by atoms with Crippen LogP contribution < -0.4 is 0 Å². The molecule has 3 nitrogen and oxygen atoms in total. The molecule has 0 aliphatic heterocycles. The summed E-state index contributed by atoms with van der Waals surface area (Å²) >= 11 is 0. The van der Waals surface area contributed by atoms with Crippen molar-refractivity contribution in [3.63, 3.8) is 0 Å². The number of benzene rings is 3. The molecule has 6 aromatic rings. The molecule has 6 rings (SSSR count). The zero-order valence-corrected chi connectivity index (χ0v) is 22.4. The summed E-state index contributed by atoms with van der Waals surface area (Å²) < 4.78 is 6.44. The highest BCUT2D eigenvalue weighted by Crippen LogP contribution is 2.38. The number of rotatable bonds is 2. The van der Waals surface area contributed by atoms with E-state index in [0.29, 0.717) is 0 Å². The molecule has 0 radical (unpaired) electrons. The first-order valence-electron chi connectivity index (χ1n) is 12.9. The van der Waals surface area contributed by atoms with Gasteiger partial charge in [0, 0.05) is 44.6 Å². The molecule has 3 aromatic heterocycles. The second-order valence-electron chi connectivity index (χ2n) is 12.0. The fraction of sp³-hybridized carbons (Fsp3) is 0.235. The van der Waals surface area contributed by atoms with Gasteiger partial charge in [-0.1, -0.05) is 77.9 Å². The Morgan fingerprint density at radius 2 is 1.43 bits per heavy atom. The van der Waals surface area contributed by atoms with Crippen LogP contribution in [0.15, 0.2) is 89.5 Å². The Bertz CT molecular complexity index is 1760. The molecule has 3 aromatic carbocycles. The lowest BCUT2D eigenvalue weighted by molar-refractivity contribution is 0.553. The number of para-hydroxylation sites is 1. The normalized spacial score (nSPS) is 12.6. The third-order valence-corrected chi connectivity index (χ3v) is 7.16. The first-order valence-corrected chi connectivity index (χ1v) is 12.9. The Morgan fingerprint density at radius 3 is 2.19 bits per heavy atom. The number of hydrogen-bond acceptors (Lipinski definition) is 3. The van der Waals surface area contributed by atoms with E-state index < -0.39 is 0 Å². The number of pyridine rings is 2. The summed E-state index contributed by atoms with van der Waals surface area (Å²) in [5.41, 5.74) is 8.15. The number of aromatic nitrogens is 2. The minimum atomic E-state index is -0.0375. The molecule has 37 heavy (non-hydrogen) atoms. The predicted octanol–water partition coefficient (Wildman–Crippen LogP) is 9.46. The zero-order valence-electron chi connectivity index (χ0n) is 22.4. The Morgan fingerprint density at radius 1 is 0.649 bits per heavy atom. The maximum atomic E-state index is 6.44. The highest BCUT2D eigenvalue weighted by Gasteiger charge is 2.23. The topological polar surface area (TPSA) is 38.9 Å². The van der Waals surface area contributed by atoms with E-state index >= 15 is 0 Å². The van der Waals surface area contributed by atoms with Crippen molar-refractivity contribution in [3.05, 3.63) is 96.3 Å². The van der Waals surface area contributed by atoms with Crippen molar-refractivity contribution in [2.75, 3.05) is 0 Å². The van der Waals surface area contributed by atoms with Gasteiger partial charge in [-0.2, -0.15) is 0 Å². The molecule has 0 atom stereocenters. The minimum Gasteiger partial charge on any atom is -0.455 e. The Balaban J connectivity index is 1.53. The smallest absolute Gasteiger partial charge is 0.144 e. The summed E-state index contributed by atoms with van der Waals surface area (Å²) in [5, 5.41) is 4.48.